The third kappa shape index (κ3) is 4.03. The van der Waals surface area contributed by atoms with Crippen LogP contribution in [-0.4, -0.2) is 27.0 Å². The SMILES string of the molecule is CC[Si](CC)(CC)[Se][Si](CC)(CC)CC. The van der Waals surface area contributed by atoms with Crippen LogP contribution in [0.5, 0.6) is 0 Å². The summed E-state index contributed by atoms with van der Waals surface area (Å²) >= 11 is 1.08. The third-order valence-corrected chi connectivity index (χ3v) is 42.7. The van der Waals surface area contributed by atoms with Gasteiger partial charge in [-0.1, -0.05) is 0 Å². The van der Waals surface area contributed by atoms with Gasteiger partial charge < -0.3 is 0 Å². The molecule has 0 amide bonds. The molecule has 0 aliphatic heterocycles. The average molecular weight is 310 g/mol. The van der Waals surface area contributed by atoms with E-state index in [1.54, 1.807) is 36.3 Å². The molecule has 92 valence electrons. The predicted octanol–water partition coefficient (Wildman–Crippen LogP) is 4.70. The first-order valence-corrected chi connectivity index (χ1v) is 17.0. The van der Waals surface area contributed by atoms with Gasteiger partial charge in [-0.15, -0.1) is 0 Å². The molecule has 0 spiro atoms. The Morgan fingerprint density at radius 2 is 0.733 bits per heavy atom. The predicted molar refractivity (Wildman–Crippen MR) is 80.1 cm³/mol. The Hall–Kier alpha value is 0.953. The molecule has 0 bridgehead atoms. The molecule has 0 N–H and O–H groups in total. The summed E-state index contributed by atoms with van der Waals surface area (Å²) in [6.07, 6.45) is 0. The second-order valence-corrected chi connectivity index (χ2v) is 29.1. The van der Waals surface area contributed by atoms with Gasteiger partial charge in [-0.3, -0.25) is 0 Å². The fraction of sp³-hybridized carbons (Fsp3) is 1.00. The minimum atomic E-state index is -0.792. The molecule has 15 heavy (non-hydrogen) atoms. The van der Waals surface area contributed by atoms with Crippen LogP contribution in [-0.2, 0) is 0 Å². The van der Waals surface area contributed by atoms with E-state index in [1.807, 2.05) is 0 Å². The van der Waals surface area contributed by atoms with Crippen molar-refractivity contribution in [2.45, 2.75) is 77.8 Å². The molecule has 0 fully saturated rings. The minimum absolute atomic E-state index is 0.792. The van der Waals surface area contributed by atoms with Crippen LogP contribution in [0, 0.1) is 0 Å². The van der Waals surface area contributed by atoms with Crippen LogP contribution in [0.3, 0.4) is 0 Å². The summed E-state index contributed by atoms with van der Waals surface area (Å²) in [6.45, 7) is 13.3. The van der Waals surface area contributed by atoms with Gasteiger partial charge in [-0.05, 0) is 0 Å². The van der Waals surface area contributed by atoms with Crippen LogP contribution in [0.1, 0.15) is 41.5 Å². The molecule has 3 heteroatoms. The molecular formula is C12H30SeSi2. The summed E-state index contributed by atoms with van der Waals surface area (Å²) in [5, 5.41) is 0. The Labute approximate surface area is 105 Å². The zero-order chi connectivity index (χ0) is 11.9. The molecule has 0 saturated carbocycles. The third-order valence-electron chi connectivity index (χ3n) is 4.30. The molecule has 0 heterocycles. The van der Waals surface area contributed by atoms with Crippen molar-refractivity contribution in [1.82, 2.24) is 0 Å². The first kappa shape index (κ1) is 16.0. The van der Waals surface area contributed by atoms with E-state index in [0.29, 0.717) is 0 Å². The summed E-state index contributed by atoms with van der Waals surface area (Å²) in [7, 11) is 0. The van der Waals surface area contributed by atoms with Gasteiger partial charge in [0.1, 0.15) is 0 Å². The summed E-state index contributed by atoms with van der Waals surface area (Å²) in [4.78, 5) is 0. The molecule has 0 aliphatic rings. The van der Waals surface area contributed by atoms with Crippen LogP contribution < -0.4 is 0 Å². The van der Waals surface area contributed by atoms with Crippen LogP contribution in [0.4, 0.5) is 0 Å². The number of rotatable bonds is 8. The van der Waals surface area contributed by atoms with Gasteiger partial charge in [0.2, 0.25) is 0 Å². The first-order valence-electron chi connectivity index (χ1n) is 6.77. The van der Waals surface area contributed by atoms with Crippen LogP contribution in [0.25, 0.3) is 0 Å². The molecule has 0 rings (SSSR count). The van der Waals surface area contributed by atoms with E-state index in [2.05, 4.69) is 41.5 Å². The zero-order valence-corrected chi connectivity index (χ0v) is 15.4. The van der Waals surface area contributed by atoms with E-state index < -0.39 is 13.4 Å². The molecule has 0 aromatic rings. The maximum atomic E-state index is 2.47. The Bertz CT molecular complexity index is 128. The standard InChI is InChI=1S/C12H30SeSi2/c1-7-14(8-2,9-3)13-15(10-4,11-5)12-6/h7-12H2,1-6H3. The topological polar surface area (TPSA) is 0 Å². The van der Waals surface area contributed by atoms with Gasteiger partial charge in [0.25, 0.3) is 0 Å². The second kappa shape index (κ2) is 7.31. The Morgan fingerprint density at radius 1 is 0.533 bits per heavy atom. The molecule has 0 radical (unpaired) electrons. The van der Waals surface area contributed by atoms with Gasteiger partial charge in [0.05, 0.1) is 0 Å². The van der Waals surface area contributed by atoms with Gasteiger partial charge in [0.15, 0.2) is 0 Å². The Morgan fingerprint density at radius 3 is 0.867 bits per heavy atom. The van der Waals surface area contributed by atoms with E-state index in [4.69, 9.17) is 0 Å². The monoisotopic (exact) mass is 310 g/mol. The first-order chi connectivity index (χ1) is 7.07. The fourth-order valence-electron chi connectivity index (χ4n) is 2.39. The van der Waals surface area contributed by atoms with Crippen molar-refractivity contribution in [2.24, 2.45) is 0 Å². The van der Waals surface area contributed by atoms with E-state index in [0.717, 1.165) is 13.7 Å². The average Bonchev–Trinajstić information content (AvgIpc) is 2.33. The van der Waals surface area contributed by atoms with Gasteiger partial charge in [0, 0.05) is 0 Å². The molecule has 0 aromatic heterocycles. The molecule has 0 aliphatic carbocycles. The Balaban J connectivity index is 4.74. The molecule has 0 saturated heterocycles. The summed E-state index contributed by atoms with van der Waals surface area (Å²) in [5.74, 6) is 0. The summed E-state index contributed by atoms with van der Waals surface area (Å²) in [5.41, 5.74) is 0. The fourth-order valence-corrected chi connectivity index (χ4v) is 46.2. The summed E-state index contributed by atoms with van der Waals surface area (Å²) in [6, 6.07) is 9.30. The number of hydrogen-bond acceptors (Lipinski definition) is 0. The second-order valence-electron chi connectivity index (χ2n) is 4.59. The van der Waals surface area contributed by atoms with Crippen LogP contribution >= 0.6 is 0 Å². The molecule has 0 unspecified atom stereocenters. The molecule has 0 nitrogen and oxygen atoms in total. The molecular weight excluding hydrogens is 279 g/mol. The Kier molecular flexibility index (Phi) is 7.78. The quantitative estimate of drug-likeness (QED) is 0.570. The van der Waals surface area contributed by atoms with E-state index in [9.17, 15) is 0 Å². The van der Waals surface area contributed by atoms with Gasteiger partial charge in [-0.2, -0.15) is 0 Å². The summed E-state index contributed by atoms with van der Waals surface area (Å²) < 4.78 is 0. The van der Waals surface area contributed by atoms with E-state index in [1.165, 1.54) is 0 Å². The number of hydrogen-bond donors (Lipinski definition) is 0. The van der Waals surface area contributed by atoms with Crippen molar-refractivity contribution in [2.75, 3.05) is 0 Å². The molecule has 0 atom stereocenters. The molecule has 0 aromatic carbocycles. The van der Waals surface area contributed by atoms with Crippen molar-refractivity contribution in [3.63, 3.8) is 0 Å². The van der Waals surface area contributed by atoms with Crippen molar-refractivity contribution >= 4 is 27.0 Å². The van der Waals surface area contributed by atoms with Crippen molar-refractivity contribution in [1.29, 1.82) is 0 Å². The van der Waals surface area contributed by atoms with Crippen molar-refractivity contribution in [3.8, 4) is 0 Å². The zero-order valence-electron chi connectivity index (χ0n) is 11.7. The van der Waals surface area contributed by atoms with Crippen LogP contribution in [0.2, 0.25) is 36.3 Å². The maximum absolute atomic E-state index is 2.47. The van der Waals surface area contributed by atoms with Crippen molar-refractivity contribution in [3.05, 3.63) is 0 Å². The van der Waals surface area contributed by atoms with Gasteiger partial charge >= 0.3 is 105 Å². The van der Waals surface area contributed by atoms with E-state index in [-0.39, 0.29) is 0 Å². The van der Waals surface area contributed by atoms with Crippen LogP contribution in [0.15, 0.2) is 0 Å². The van der Waals surface area contributed by atoms with Gasteiger partial charge in [-0.25, -0.2) is 0 Å². The van der Waals surface area contributed by atoms with E-state index >= 15 is 0 Å². The van der Waals surface area contributed by atoms with Crippen molar-refractivity contribution < 1.29 is 0 Å². The normalized spacial score (nSPS) is 13.2.